The van der Waals surface area contributed by atoms with Crippen molar-refractivity contribution in [2.45, 2.75) is 13.2 Å². The van der Waals surface area contributed by atoms with Gasteiger partial charge in [-0.15, -0.1) is 0 Å². The molecule has 2 fully saturated rings. The number of methoxy groups -OCH3 is 1. The highest BCUT2D eigenvalue weighted by Crippen LogP contribution is 2.18. The maximum atomic E-state index is 13.2. The van der Waals surface area contributed by atoms with E-state index in [1.807, 2.05) is 4.90 Å². The van der Waals surface area contributed by atoms with Gasteiger partial charge in [0, 0.05) is 58.1 Å². The van der Waals surface area contributed by atoms with Gasteiger partial charge in [0.15, 0.2) is 0 Å². The molecule has 2 aliphatic heterocycles. The van der Waals surface area contributed by atoms with E-state index in [1.165, 1.54) is 22.8 Å². The normalized spacial score (nSPS) is 17.0. The predicted octanol–water partition coefficient (Wildman–Crippen LogP) is 0.714. The van der Waals surface area contributed by atoms with Crippen molar-refractivity contribution >= 4 is 17.5 Å². The largest absolute Gasteiger partial charge is 0.378 e. The van der Waals surface area contributed by atoms with Gasteiger partial charge in [0.1, 0.15) is 12.4 Å². The van der Waals surface area contributed by atoms with Gasteiger partial charge in [-0.05, 0) is 24.3 Å². The van der Waals surface area contributed by atoms with E-state index in [2.05, 4.69) is 9.88 Å². The molecule has 0 aliphatic carbocycles. The molecule has 2 saturated heterocycles. The minimum atomic E-state index is -0.271. The van der Waals surface area contributed by atoms with E-state index in [4.69, 9.17) is 9.47 Å². The molecule has 4 rings (SSSR count). The lowest BCUT2D eigenvalue weighted by Gasteiger charge is -2.36. The molecule has 0 N–H and O–H groups in total. The van der Waals surface area contributed by atoms with E-state index >= 15 is 0 Å². The van der Waals surface area contributed by atoms with Crippen LogP contribution in [-0.4, -0.2) is 80.0 Å². The Hall–Kier alpha value is -2.98. The summed E-state index contributed by atoms with van der Waals surface area (Å²) in [5.74, 6) is 0.0852. The lowest BCUT2D eigenvalue weighted by molar-refractivity contribution is -0.132. The van der Waals surface area contributed by atoms with Gasteiger partial charge < -0.3 is 24.2 Å². The lowest BCUT2D eigenvalue weighted by atomic mass is 10.2. The van der Waals surface area contributed by atoms with Crippen LogP contribution in [-0.2, 0) is 27.4 Å². The number of piperazine rings is 1. The van der Waals surface area contributed by atoms with Crippen LogP contribution < -0.4 is 15.4 Å². The average molecular weight is 445 g/mol. The van der Waals surface area contributed by atoms with Crippen molar-refractivity contribution in [2.24, 2.45) is 0 Å². The second-order valence-electron chi connectivity index (χ2n) is 7.85. The Kier molecular flexibility index (Phi) is 7.01. The molecule has 3 heterocycles. The molecule has 0 atom stereocenters. The van der Waals surface area contributed by atoms with E-state index in [1.54, 1.807) is 24.1 Å². The van der Waals surface area contributed by atoms with Gasteiger partial charge in [-0.25, -0.2) is 9.37 Å². The fourth-order valence-corrected chi connectivity index (χ4v) is 4.02. The maximum Gasteiger partial charge on any atom is 0.255 e. The molecule has 10 heteroatoms. The summed E-state index contributed by atoms with van der Waals surface area (Å²) in [6.45, 7) is 4.82. The number of halogens is 1. The molecule has 172 valence electrons. The molecule has 32 heavy (non-hydrogen) atoms. The molecule has 0 unspecified atom stereocenters. The zero-order valence-corrected chi connectivity index (χ0v) is 18.2. The number of aromatic nitrogens is 2. The van der Waals surface area contributed by atoms with Crippen LogP contribution in [0.15, 0.2) is 35.1 Å². The van der Waals surface area contributed by atoms with Gasteiger partial charge in [0.05, 0.1) is 25.5 Å². The van der Waals surface area contributed by atoms with Crippen LogP contribution in [0.2, 0.25) is 0 Å². The summed E-state index contributed by atoms with van der Waals surface area (Å²) in [6.07, 6.45) is 0. The number of carbonyl (C=O) groups excluding carboxylic acids is 1. The van der Waals surface area contributed by atoms with Gasteiger partial charge in [-0.2, -0.15) is 0 Å². The van der Waals surface area contributed by atoms with Crippen molar-refractivity contribution in [2.75, 3.05) is 69.4 Å². The number of hydrogen-bond acceptors (Lipinski definition) is 7. The highest BCUT2D eigenvalue weighted by atomic mass is 19.1. The number of anilines is 2. The number of morpholine rings is 1. The second kappa shape index (κ2) is 10.1. The summed E-state index contributed by atoms with van der Waals surface area (Å²) in [4.78, 5) is 36.4. The first kappa shape index (κ1) is 22.2. The number of hydrogen-bond donors (Lipinski definition) is 0. The van der Waals surface area contributed by atoms with E-state index in [9.17, 15) is 14.0 Å². The Bertz CT molecular complexity index is 983. The quantitative estimate of drug-likeness (QED) is 0.648. The van der Waals surface area contributed by atoms with Gasteiger partial charge in [0.25, 0.3) is 5.56 Å². The highest BCUT2D eigenvalue weighted by Gasteiger charge is 2.25. The summed E-state index contributed by atoms with van der Waals surface area (Å²) in [5, 5.41) is 0. The zero-order chi connectivity index (χ0) is 22.5. The number of ether oxygens (including phenoxy) is 2. The number of nitrogens with zero attached hydrogens (tertiary/aromatic N) is 5. The Labute approximate surface area is 186 Å². The monoisotopic (exact) mass is 445 g/mol. The third-order valence-corrected chi connectivity index (χ3v) is 5.74. The minimum absolute atomic E-state index is 0.0671. The average Bonchev–Trinajstić information content (AvgIpc) is 2.82. The van der Waals surface area contributed by atoms with Gasteiger partial charge in [0.2, 0.25) is 11.9 Å². The predicted molar refractivity (Wildman–Crippen MR) is 117 cm³/mol. The summed E-state index contributed by atoms with van der Waals surface area (Å²) >= 11 is 0. The molecule has 0 spiro atoms. The number of amides is 1. The van der Waals surface area contributed by atoms with E-state index in [-0.39, 0.29) is 30.4 Å². The van der Waals surface area contributed by atoms with Crippen molar-refractivity contribution in [3.05, 3.63) is 52.2 Å². The SMILES string of the molecule is COCc1cc(=O)n(CC(=O)N2CCN(c3ccc(F)cc3)CC2)c(N2CCOCC2)n1. The Morgan fingerprint density at radius 3 is 2.41 bits per heavy atom. The third kappa shape index (κ3) is 5.08. The van der Waals surface area contributed by atoms with E-state index in [0.29, 0.717) is 64.1 Å². The van der Waals surface area contributed by atoms with Crippen molar-refractivity contribution in [1.29, 1.82) is 0 Å². The first-order valence-corrected chi connectivity index (χ1v) is 10.8. The summed E-state index contributed by atoms with van der Waals surface area (Å²) < 4.78 is 25.2. The van der Waals surface area contributed by atoms with Crippen LogP contribution in [0.25, 0.3) is 0 Å². The molecular weight excluding hydrogens is 417 g/mol. The molecule has 2 aromatic rings. The molecular formula is C22H28FN5O4. The Morgan fingerprint density at radius 2 is 1.75 bits per heavy atom. The first-order chi connectivity index (χ1) is 15.5. The van der Waals surface area contributed by atoms with Gasteiger partial charge >= 0.3 is 0 Å². The standard InChI is InChI=1S/C22H28FN5O4/c1-31-16-18-14-20(29)28(22(24-18)27-10-12-32-13-11-27)15-21(30)26-8-6-25(7-9-26)19-4-2-17(23)3-5-19/h2-5,14H,6-13,15-16H2,1H3. The van der Waals surface area contributed by atoms with Crippen LogP contribution >= 0.6 is 0 Å². The summed E-state index contributed by atoms with van der Waals surface area (Å²) in [5.41, 5.74) is 1.20. The molecule has 2 aliphatic rings. The Morgan fingerprint density at radius 1 is 1.06 bits per heavy atom. The van der Waals surface area contributed by atoms with Crippen LogP contribution in [0, 0.1) is 5.82 Å². The second-order valence-corrected chi connectivity index (χ2v) is 7.85. The van der Waals surface area contributed by atoms with Crippen molar-refractivity contribution in [3.8, 4) is 0 Å². The topological polar surface area (TPSA) is 80.1 Å². The smallest absolute Gasteiger partial charge is 0.255 e. The molecule has 1 aromatic carbocycles. The number of carbonyl (C=O) groups is 1. The molecule has 0 saturated carbocycles. The van der Waals surface area contributed by atoms with Crippen LogP contribution in [0.4, 0.5) is 16.0 Å². The van der Waals surface area contributed by atoms with Crippen LogP contribution in [0.3, 0.4) is 0 Å². The van der Waals surface area contributed by atoms with E-state index < -0.39 is 0 Å². The minimum Gasteiger partial charge on any atom is -0.378 e. The summed E-state index contributed by atoms with van der Waals surface area (Å²) in [7, 11) is 1.55. The fourth-order valence-electron chi connectivity index (χ4n) is 4.02. The lowest BCUT2D eigenvalue weighted by Crippen LogP contribution is -2.50. The first-order valence-electron chi connectivity index (χ1n) is 10.8. The van der Waals surface area contributed by atoms with E-state index in [0.717, 1.165) is 5.69 Å². The van der Waals surface area contributed by atoms with Crippen LogP contribution in [0.1, 0.15) is 5.69 Å². The number of rotatable bonds is 6. The zero-order valence-electron chi connectivity index (χ0n) is 18.2. The molecule has 9 nitrogen and oxygen atoms in total. The molecule has 1 aromatic heterocycles. The van der Waals surface area contributed by atoms with Crippen LogP contribution in [0.5, 0.6) is 0 Å². The molecule has 0 radical (unpaired) electrons. The fraction of sp³-hybridized carbons (Fsp3) is 0.500. The van der Waals surface area contributed by atoms with Crippen molar-refractivity contribution < 1.29 is 18.7 Å². The molecule has 1 amide bonds. The van der Waals surface area contributed by atoms with Crippen molar-refractivity contribution in [3.63, 3.8) is 0 Å². The number of benzene rings is 1. The summed E-state index contributed by atoms with van der Waals surface area (Å²) in [6, 6.07) is 7.79. The van der Waals surface area contributed by atoms with Gasteiger partial charge in [-0.1, -0.05) is 0 Å². The molecule has 0 bridgehead atoms. The Balaban J connectivity index is 1.46. The van der Waals surface area contributed by atoms with Crippen molar-refractivity contribution in [1.82, 2.24) is 14.5 Å². The van der Waals surface area contributed by atoms with Gasteiger partial charge in [-0.3, -0.25) is 14.2 Å². The third-order valence-electron chi connectivity index (χ3n) is 5.74. The maximum absolute atomic E-state index is 13.2. The highest BCUT2D eigenvalue weighted by molar-refractivity contribution is 5.76.